The van der Waals surface area contributed by atoms with Gasteiger partial charge in [-0.1, -0.05) is 44.4 Å². The molecule has 2 nitrogen and oxygen atoms in total. The van der Waals surface area contributed by atoms with Gasteiger partial charge in [-0.3, -0.25) is 0 Å². The van der Waals surface area contributed by atoms with Gasteiger partial charge in [-0.25, -0.2) is 0 Å². The second-order valence-corrected chi connectivity index (χ2v) is 6.39. The lowest BCUT2D eigenvalue weighted by Crippen LogP contribution is -2.34. The number of hydrogen-bond acceptors (Lipinski definition) is 2. The summed E-state index contributed by atoms with van der Waals surface area (Å²) in [6.07, 6.45) is 3.93. The molecule has 21 heavy (non-hydrogen) atoms. The van der Waals surface area contributed by atoms with Gasteiger partial charge in [-0.2, -0.15) is 0 Å². The highest BCUT2D eigenvalue weighted by Crippen LogP contribution is 2.24. The fraction of sp³-hybridized carbons (Fsp3) is 0.684. The molecule has 2 heteroatoms. The highest BCUT2D eigenvalue weighted by atomic mass is 15.1. The molecule has 0 radical (unpaired) electrons. The lowest BCUT2D eigenvalue weighted by atomic mass is 9.93. The smallest absolute Gasteiger partial charge is 0.0454 e. The monoisotopic (exact) mass is 290 g/mol. The molecule has 1 unspecified atom stereocenters. The molecule has 0 aliphatic rings. The number of likely N-dealkylation sites (N-methyl/N-ethyl adjacent to an activating group) is 2. The Labute approximate surface area is 131 Å². The van der Waals surface area contributed by atoms with Gasteiger partial charge in [0.05, 0.1) is 0 Å². The van der Waals surface area contributed by atoms with Crippen molar-refractivity contribution in [2.24, 2.45) is 0 Å². The Kier molecular flexibility index (Phi) is 7.98. The van der Waals surface area contributed by atoms with Crippen molar-refractivity contribution in [3.8, 4) is 0 Å². The van der Waals surface area contributed by atoms with E-state index in [4.69, 9.17) is 0 Å². The first-order valence-corrected chi connectivity index (χ1v) is 8.49. The zero-order valence-corrected chi connectivity index (χ0v) is 14.9. The van der Waals surface area contributed by atoms with Crippen LogP contribution in [-0.4, -0.2) is 31.6 Å². The van der Waals surface area contributed by atoms with E-state index in [1.54, 1.807) is 0 Å². The molecule has 0 saturated heterocycles. The van der Waals surface area contributed by atoms with E-state index in [0.717, 1.165) is 13.1 Å². The Morgan fingerprint density at radius 2 is 1.67 bits per heavy atom. The highest BCUT2D eigenvalue weighted by molar-refractivity contribution is 5.39. The first kappa shape index (κ1) is 18.2. The summed E-state index contributed by atoms with van der Waals surface area (Å²) in [6.45, 7) is 14.4. The van der Waals surface area contributed by atoms with E-state index in [-0.39, 0.29) is 0 Å². The maximum atomic E-state index is 3.68. The summed E-state index contributed by atoms with van der Waals surface area (Å²) in [5.74, 6) is 0. The predicted octanol–water partition coefficient (Wildman–Crippen LogP) is 4.38. The van der Waals surface area contributed by atoms with Crippen molar-refractivity contribution >= 4 is 0 Å². The van der Waals surface area contributed by atoms with Crippen LogP contribution in [-0.2, 0) is 0 Å². The number of nitrogens with one attached hydrogen (secondary N) is 1. The van der Waals surface area contributed by atoms with Crippen LogP contribution in [0.4, 0.5) is 0 Å². The van der Waals surface area contributed by atoms with Gasteiger partial charge in [0.25, 0.3) is 0 Å². The standard InChI is InChI=1S/C19H34N2/c1-7-9-10-11-21(6)14-18(20-8-2)19-16(4)12-15(3)13-17(19)5/h12-13,18,20H,7-11,14H2,1-6H3. The topological polar surface area (TPSA) is 15.3 Å². The quantitative estimate of drug-likeness (QED) is 0.679. The molecular weight excluding hydrogens is 256 g/mol. The molecule has 0 amide bonds. The van der Waals surface area contributed by atoms with Gasteiger partial charge in [0.15, 0.2) is 0 Å². The molecule has 0 aromatic heterocycles. The molecule has 0 heterocycles. The van der Waals surface area contributed by atoms with Crippen LogP contribution in [0.15, 0.2) is 12.1 Å². The molecule has 0 aliphatic heterocycles. The number of unbranched alkanes of at least 4 members (excludes halogenated alkanes) is 2. The molecule has 1 atom stereocenters. The zero-order chi connectivity index (χ0) is 15.8. The molecule has 0 bridgehead atoms. The van der Waals surface area contributed by atoms with E-state index in [1.807, 2.05) is 0 Å². The summed E-state index contributed by atoms with van der Waals surface area (Å²) >= 11 is 0. The van der Waals surface area contributed by atoms with Crippen molar-refractivity contribution in [1.29, 1.82) is 0 Å². The summed E-state index contributed by atoms with van der Waals surface area (Å²) in [7, 11) is 2.25. The molecule has 1 aromatic rings. The Morgan fingerprint density at radius 1 is 1.05 bits per heavy atom. The fourth-order valence-electron chi connectivity index (χ4n) is 3.28. The Hall–Kier alpha value is -0.860. The lowest BCUT2D eigenvalue weighted by molar-refractivity contribution is 0.285. The first-order chi connectivity index (χ1) is 9.99. The minimum atomic E-state index is 0.433. The highest BCUT2D eigenvalue weighted by Gasteiger charge is 2.17. The van der Waals surface area contributed by atoms with E-state index < -0.39 is 0 Å². The minimum Gasteiger partial charge on any atom is -0.309 e. The van der Waals surface area contributed by atoms with Crippen molar-refractivity contribution in [2.45, 2.75) is 59.9 Å². The molecule has 0 spiro atoms. The Morgan fingerprint density at radius 3 is 2.19 bits per heavy atom. The van der Waals surface area contributed by atoms with Crippen LogP contribution in [0.2, 0.25) is 0 Å². The van der Waals surface area contributed by atoms with E-state index >= 15 is 0 Å². The number of nitrogens with zero attached hydrogens (tertiary/aromatic N) is 1. The van der Waals surface area contributed by atoms with E-state index in [9.17, 15) is 0 Å². The predicted molar refractivity (Wildman–Crippen MR) is 94.1 cm³/mol. The third-order valence-electron chi connectivity index (χ3n) is 4.17. The van der Waals surface area contributed by atoms with Crippen LogP contribution in [0, 0.1) is 20.8 Å². The van der Waals surface area contributed by atoms with Crippen LogP contribution in [0.3, 0.4) is 0 Å². The summed E-state index contributed by atoms with van der Waals surface area (Å²) in [4.78, 5) is 2.47. The number of benzene rings is 1. The largest absolute Gasteiger partial charge is 0.309 e. The molecule has 120 valence electrons. The third kappa shape index (κ3) is 5.80. The SMILES string of the molecule is CCCCCN(C)CC(NCC)c1c(C)cc(C)cc1C. The van der Waals surface area contributed by atoms with Crippen molar-refractivity contribution < 1.29 is 0 Å². The fourth-order valence-corrected chi connectivity index (χ4v) is 3.28. The Balaban J connectivity index is 2.82. The van der Waals surface area contributed by atoms with Gasteiger partial charge in [0.2, 0.25) is 0 Å². The molecule has 0 saturated carbocycles. The minimum absolute atomic E-state index is 0.433. The molecule has 0 fully saturated rings. The van der Waals surface area contributed by atoms with Crippen molar-refractivity contribution in [3.05, 3.63) is 34.4 Å². The summed E-state index contributed by atoms with van der Waals surface area (Å²) < 4.78 is 0. The number of aryl methyl sites for hydroxylation is 3. The van der Waals surface area contributed by atoms with E-state index in [0.29, 0.717) is 6.04 Å². The molecule has 0 aliphatic carbocycles. The third-order valence-corrected chi connectivity index (χ3v) is 4.17. The second kappa shape index (κ2) is 9.22. The maximum Gasteiger partial charge on any atom is 0.0454 e. The molecule has 1 N–H and O–H groups in total. The summed E-state index contributed by atoms with van der Waals surface area (Å²) in [5, 5.41) is 3.68. The molecule has 1 aromatic carbocycles. The maximum absolute atomic E-state index is 3.68. The average Bonchev–Trinajstić information content (AvgIpc) is 2.38. The van der Waals surface area contributed by atoms with Gasteiger partial charge in [0, 0.05) is 12.6 Å². The normalized spacial score (nSPS) is 12.9. The van der Waals surface area contributed by atoms with Crippen LogP contribution < -0.4 is 5.32 Å². The van der Waals surface area contributed by atoms with Crippen LogP contribution in [0.5, 0.6) is 0 Å². The van der Waals surface area contributed by atoms with Gasteiger partial charge in [0.1, 0.15) is 0 Å². The average molecular weight is 290 g/mol. The van der Waals surface area contributed by atoms with Crippen LogP contribution >= 0.6 is 0 Å². The zero-order valence-electron chi connectivity index (χ0n) is 14.9. The molecular formula is C19H34N2. The lowest BCUT2D eigenvalue weighted by Gasteiger charge is -2.28. The summed E-state index contributed by atoms with van der Waals surface area (Å²) in [5.41, 5.74) is 5.69. The summed E-state index contributed by atoms with van der Waals surface area (Å²) in [6, 6.07) is 5.05. The number of hydrogen-bond donors (Lipinski definition) is 1. The van der Waals surface area contributed by atoms with Crippen LogP contribution in [0.1, 0.15) is 61.4 Å². The van der Waals surface area contributed by atoms with E-state index in [1.165, 1.54) is 48.1 Å². The van der Waals surface area contributed by atoms with Crippen molar-refractivity contribution in [2.75, 3.05) is 26.7 Å². The first-order valence-electron chi connectivity index (χ1n) is 8.49. The van der Waals surface area contributed by atoms with Gasteiger partial charge in [-0.05, 0) is 64.0 Å². The second-order valence-electron chi connectivity index (χ2n) is 6.39. The molecule has 1 rings (SSSR count). The van der Waals surface area contributed by atoms with E-state index in [2.05, 4.69) is 64.0 Å². The van der Waals surface area contributed by atoms with Crippen molar-refractivity contribution in [3.63, 3.8) is 0 Å². The van der Waals surface area contributed by atoms with Crippen LogP contribution in [0.25, 0.3) is 0 Å². The Bertz CT molecular complexity index is 403. The van der Waals surface area contributed by atoms with Gasteiger partial charge in [-0.15, -0.1) is 0 Å². The van der Waals surface area contributed by atoms with Crippen molar-refractivity contribution in [1.82, 2.24) is 10.2 Å². The van der Waals surface area contributed by atoms with Gasteiger partial charge < -0.3 is 10.2 Å². The van der Waals surface area contributed by atoms with Gasteiger partial charge >= 0.3 is 0 Å². The number of rotatable bonds is 9.